The highest BCUT2D eigenvalue weighted by Gasteiger charge is 2.13. The Morgan fingerprint density at radius 2 is 1.87 bits per heavy atom. The van der Waals surface area contributed by atoms with Crippen molar-refractivity contribution in [2.45, 2.75) is 0 Å². The van der Waals surface area contributed by atoms with Gasteiger partial charge in [-0.2, -0.15) is 4.52 Å². The second-order valence-electron chi connectivity index (χ2n) is 4.74. The summed E-state index contributed by atoms with van der Waals surface area (Å²) >= 11 is 3.28. The molecule has 3 heterocycles. The van der Waals surface area contributed by atoms with E-state index in [1.165, 1.54) is 6.20 Å². The van der Waals surface area contributed by atoms with Crippen molar-refractivity contribution in [3.63, 3.8) is 0 Å². The lowest BCUT2D eigenvalue weighted by Gasteiger charge is -2.07. The van der Waals surface area contributed by atoms with Crippen LogP contribution in [-0.2, 0) is 0 Å². The van der Waals surface area contributed by atoms with Gasteiger partial charge in [-0.25, -0.2) is 15.0 Å². The van der Waals surface area contributed by atoms with Crippen molar-refractivity contribution < 1.29 is 0 Å². The zero-order valence-electron chi connectivity index (χ0n) is 11.6. The van der Waals surface area contributed by atoms with Gasteiger partial charge in [0.05, 0.1) is 5.52 Å². The summed E-state index contributed by atoms with van der Waals surface area (Å²) in [6.07, 6.45) is 1.45. The molecule has 23 heavy (non-hydrogen) atoms. The van der Waals surface area contributed by atoms with Gasteiger partial charge in [0, 0.05) is 11.6 Å². The monoisotopic (exact) mass is 368 g/mol. The highest BCUT2D eigenvalue weighted by atomic mass is 79.9. The van der Waals surface area contributed by atoms with Crippen LogP contribution in [0.15, 0.2) is 58.2 Å². The zero-order chi connectivity index (χ0) is 15.8. The molecule has 1 aromatic carbocycles. The van der Waals surface area contributed by atoms with Crippen molar-refractivity contribution in [2.24, 2.45) is 0 Å². The molecular formula is C15H9BrN6O. The maximum absolute atomic E-state index is 12.0. The van der Waals surface area contributed by atoms with Gasteiger partial charge in [0.2, 0.25) is 10.7 Å². The Balaban J connectivity index is 1.99. The first kappa shape index (κ1) is 13.8. The van der Waals surface area contributed by atoms with Gasteiger partial charge in [0.1, 0.15) is 5.69 Å². The van der Waals surface area contributed by atoms with Crippen LogP contribution in [0, 0.1) is 0 Å². The topological polar surface area (TPSA) is 85.1 Å². The Morgan fingerprint density at radius 3 is 2.78 bits per heavy atom. The maximum atomic E-state index is 12.0. The smallest absolute Gasteiger partial charge is 0.293 e. The third kappa shape index (κ3) is 2.42. The van der Waals surface area contributed by atoms with E-state index in [9.17, 15) is 4.79 Å². The highest BCUT2D eigenvalue weighted by molar-refractivity contribution is 9.10. The second-order valence-corrected chi connectivity index (χ2v) is 5.45. The number of nitrogens with one attached hydrogen (secondary N) is 1. The Bertz CT molecular complexity index is 1090. The minimum atomic E-state index is -0.378. The fraction of sp³-hybridized carbons (Fsp3) is 0. The van der Waals surface area contributed by atoms with Crippen LogP contribution in [0.1, 0.15) is 0 Å². The minimum absolute atomic E-state index is 0.311. The van der Waals surface area contributed by atoms with Gasteiger partial charge in [-0.3, -0.25) is 4.79 Å². The van der Waals surface area contributed by atoms with Gasteiger partial charge in [-0.05, 0) is 40.2 Å². The highest BCUT2D eigenvalue weighted by Crippen LogP contribution is 2.22. The molecule has 112 valence electrons. The standard InChI is InChI=1S/C15H9BrN6O/c16-14-20-12-9-5-1-2-6-10(9)18-15(22(12)21-14)19-11-7-3-4-8-17-13(11)23/h1-8H,(H,17,18,19,23). The van der Waals surface area contributed by atoms with Crippen molar-refractivity contribution in [3.05, 3.63) is 63.7 Å². The second kappa shape index (κ2) is 5.40. The Hall–Kier alpha value is -2.87. The van der Waals surface area contributed by atoms with Crippen LogP contribution in [0.5, 0.6) is 0 Å². The molecule has 3 aromatic heterocycles. The quantitative estimate of drug-likeness (QED) is 0.585. The molecule has 1 N–H and O–H groups in total. The van der Waals surface area contributed by atoms with Gasteiger partial charge < -0.3 is 5.32 Å². The van der Waals surface area contributed by atoms with Crippen LogP contribution in [-0.4, -0.2) is 24.6 Å². The minimum Gasteiger partial charge on any atom is -0.319 e. The molecule has 4 aromatic rings. The molecule has 0 fully saturated rings. The van der Waals surface area contributed by atoms with Gasteiger partial charge in [-0.15, -0.1) is 5.10 Å². The summed E-state index contributed by atoms with van der Waals surface area (Å²) in [6.45, 7) is 0. The first-order chi connectivity index (χ1) is 11.2. The van der Waals surface area contributed by atoms with E-state index in [-0.39, 0.29) is 5.56 Å². The molecule has 0 aliphatic carbocycles. The van der Waals surface area contributed by atoms with Crippen LogP contribution in [0.25, 0.3) is 16.6 Å². The van der Waals surface area contributed by atoms with Crippen molar-refractivity contribution in [2.75, 3.05) is 5.32 Å². The van der Waals surface area contributed by atoms with Gasteiger partial charge >= 0.3 is 0 Å². The number of aromatic nitrogens is 5. The first-order valence-corrected chi connectivity index (χ1v) is 7.55. The van der Waals surface area contributed by atoms with Gasteiger partial charge in [-0.1, -0.05) is 18.2 Å². The molecule has 0 saturated heterocycles. The number of hydrogen-bond acceptors (Lipinski definition) is 6. The van der Waals surface area contributed by atoms with Gasteiger partial charge in [0.15, 0.2) is 5.65 Å². The number of nitrogens with zero attached hydrogens (tertiary/aromatic N) is 5. The molecule has 0 amide bonds. The molecular weight excluding hydrogens is 360 g/mol. The lowest BCUT2D eigenvalue weighted by molar-refractivity contribution is 0.930. The van der Waals surface area contributed by atoms with Crippen molar-refractivity contribution >= 4 is 44.1 Å². The Kier molecular flexibility index (Phi) is 3.23. The van der Waals surface area contributed by atoms with E-state index in [2.05, 4.69) is 41.3 Å². The van der Waals surface area contributed by atoms with Crippen molar-refractivity contribution in [3.8, 4) is 0 Å². The van der Waals surface area contributed by atoms with E-state index in [1.807, 2.05) is 24.3 Å². The number of benzene rings is 1. The molecule has 0 atom stereocenters. The molecule has 0 radical (unpaired) electrons. The summed E-state index contributed by atoms with van der Waals surface area (Å²) in [5.74, 6) is 0.391. The molecule has 4 rings (SSSR count). The summed E-state index contributed by atoms with van der Waals surface area (Å²) < 4.78 is 2.00. The number of hydrogen-bond donors (Lipinski definition) is 1. The van der Waals surface area contributed by atoms with Crippen molar-refractivity contribution in [1.29, 1.82) is 0 Å². The molecule has 0 spiro atoms. The Morgan fingerprint density at radius 1 is 1.04 bits per heavy atom. The Labute approximate surface area is 138 Å². The average Bonchev–Trinajstić information content (AvgIpc) is 2.84. The van der Waals surface area contributed by atoms with Crippen LogP contribution in [0.4, 0.5) is 11.6 Å². The lowest BCUT2D eigenvalue weighted by Crippen LogP contribution is -2.11. The molecule has 8 heteroatoms. The van der Waals surface area contributed by atoms with E-state index in [4.69, 9.17) is 0 Å². The maximum Gasteiger partial charge on any atom is 0.293 e. The fourth-order valence-electron chi connectivity index (χ4n) is 2.28. The largest absolute Gasteiger partial charge is 0.319 e. The van der Waals surface area contributed by atoms with Crippen LogP contribution in [0.2, 0.25) is 0 Å². The molecule has 7 nitrogen and oxygen atoms in total. The number of para-hydroxylation sites is 1. The molecule has 0 bridgehead atoms. The SMILES string of the molecule is O=c1nccccc1Nc1nc2ccccc2c2nc(Br)nn12. The lowest BCUT2D eigenvalue weighted by atomic mass is 10.2. The third-order valence-electron chi connectivity index (χ3n) is 3.28. The van der Waals surface area contributed by atoms with E-state index in [1.54, 1.807) is 22.7 Å². The van der Waals surface area contributed by atoms with Crippen molar-refractivity contribution in [1.82, 2.24) is 24.6 Å². The number of halogens is 1. The molecule has 0 aliphatic heterocycles. The van der Waals surface area contributed by atoms with E-state index in [0.717, 1.165) is 10.9 Å². The normalized spacial score (nSPS) is 11.0. The third-order valence-corrected chi connectivity index (χ3v) is 3.62. The van der Waals surface area contributed by atoms with Crippen LogP contribution < -0.4 is 10.9 Å². The molecule has 0 aliphatic rings. The van der Waals surface area contributed by atoms with Crippen LogP contribution in [0.3, 0.4) is 0 Å². The number of anilines is 2. The average molecular weight is 369 g/mol. The summed E-state index contributed by atoms with van der Waals surface area (Å²) in [5.41, 5.74) is 1.33. The number of rotatable bonds is 2. The summed E-state index contributed by atoms with van der Waals surface area (Å²) in [4.78, 5) is 24.7. The van der Waals surface area contributed by atoms with E-state index in [0.29, 0.717) is 22.0 Å². The number of fused-ring (bicyclic) bond motifs is 3. The summed E-state index contributed by atoms with van der Waals surface area (Å²) in [7, 11) is 0. The van der Waals surface area contributed by atoms with E-state index < -0.39 is 0 Å². The predicted molar refractivity (Wildman–Crippen MR) is 89.8 cm³/mol. The van der Waals surface area contributed by atoms with Gasteiger partial charge in [0.25, 0.3) is 5.56 Å². The molecule has 0 saturated carbocycles. The zero-order valence-corrected chi connectivity index (χ0v) is 13.2. The summed E-state index contributed by atoms with van der Waals surface area (Å²) in [6, 6.07) is 12.7. The van der Waals surface area contributed by atoms with E-state index >= 15 is 0 Å². The fourth-order valence-corrected chi connectivity index (χ4v) is 2.61. The summed E-state index contributed by atoms with van der Waals surface area (Å²) in [5, 5.41) is 8.14. The molecule has 0 unspecified atom stereocenters. The first-order valence-electron chi connectivity index (χ1n) is 6.76. The van der Waals surface area contributed by atoms with Crippen LogP contribution >= 0.6 is 15.9 Å². The predicted octanol–water partition coefficient (Wildman–Crippen LogP) is 2.54.